The van der Waals surface area contributed by atoms with Crippen LogP contribution in [0.5, 0.6) is 0 Å². The summed E-state index contributed by atoms with van der Waals surface area (Å²) in [5.74, 6) is -27.2. The lowest BCUT2D eigenvalue weighted by Crippen LogP contribution is -2.66. The minimum Gasteiger partial charge on any atom is -0.199 e. The van der Waals surface area contributed by atoms with Gasteiger partial charge in [0.05, 0.1) is 4.43 Å². The second-order valence-corrected chi connectivity index (χ2v) is 3.82. The first-order valence-corrected chi connectivity index (χ1v) is 5.23. The van der Waals surface area contributed by atoms with Gasteiger partial charge in [0.15, 0.2) is 0 Å². The number of rotatable bonds is 4. The fourth-order valence-corrected chi connectivity index (χ4v) is 1.17. The van der Waals surface area contributed by atoms with Crippen molar-refractivity contribution in [1.29, 1.82) is 0 Å². The van der Waals surface area contributed by atoms with Crippen molar-refractivity contribution < 1.29 is 48.3 Å². The van der Waals surface area contributed by atoms with Crippen LogP contribution < -0.4 is 0 Å². The molecule has 18 heavy (non-hydrogen) atoms. The van der Waals surface area contributed by atoms with Crippen LogP contribution in [-0.4, -0.2) is 34.3 Å². The molecule has 0 nitrogen and oxygen atoms in total. The Balaban J connectivity index is 5.80. The van der Waals surface area contributed by atoms with Gasteiger partial charge in [-0.2, -0.15) is 48.3 Å². The van der Waals surface area contributed by atoms with E-state index in [0.717, 1.165) is 0 Å². The zero-order chi connectivity index (χ0) is 15.2. The molecular weight excluding hydrogens is 408 g/mol. The Morgan fingerprint density at radius 3 is 1.11 bits per heavy atom. The van der Waals surface area contributed by atoms with E-state index in [-0.39, 0.29) is 0 Å². The molecule has 0 unspecified atom stereocenters. The summed E-state index contributed by atoms with van der Waals surface area (Å²) in [5.41, 5.74) is 0. The van der Waals surface area contributed by atoms with E-state index in [1.54, 1.807) is 0 Å². The van der Waals surface area contributed by atoms with Gasteiger partial charge in [-0.1, -0.05) is 22.6 Å². The highest BCUT2D eigenvalue weighted by Gasteiger charge is 2.86. The highest BCUT2D eigenvalue weighted by molar-refractivity contribution is 14.1. The molecule has 0 bridgehead atoms. The average Bonchev–Trinajstić information content (AvgIpc) is 2.15. The van der Waals surface area contributed by atoms with E-state index in [4.69, 9.17) is 0 Å². The van der Waals surface area contributed by atoms with Gasteiger partial charge in [0.2, 0.25) is 0 Å². The van der Waals surface area contributed by atoms with Gasteiger partial charge in [-0.15, -0.1) is 0 Å². The van der Waals surface area contributed by atoms with Crippen LogP contribution in [0.1, 0.15) is 0 Å². The standard InChI is InChI=1S/C6H2F11I/c7-2(8,1-18)3(9,10)4(11,12)5(13,14)6(15,16)17/h1H2. The molecule has 0 aliphatic carbocycles. The second-order valence-electron chi connectivity index (χ2n) is 3.06. The molecule has 0 amide bonds. The maximum atomic E-state index is 12.5. The van der Waals surface area contributed by atoms with Crippen LogP contribution in [-0.2, 0) is 0 Å². The van der Waals surface area contributed by atoms with Crippen molar-refractivity contribution in [3.05, 3.63) is 0 Å². The summed E-state index contributed by atoms with van der Waals surface area (Å²) in [7, 11) is 0. The molecule has 0 aromatic heterocycles. The van der Waals surface area contributed by atoms with E-state index in [9.17, 15) is 48.3 Å². The Morgan fingerprint density at radius 2 is 0.889 bits per heavy atom. The quantitative estimate of drug-likeness (QED) is 0.363. The lowest BCUT2D eigenvalue weighted by molar-refractivity contribution is -0.419. The molecule has 0 N–H and O–H groups in total. The Bertz CT molecular complexity index is 303. The average molecular weight is 410 g/mol. The summed E-state index contributed by atoms with van der Waals surface area (Å²) in [4.78, 5) is 0. The van der Waals surface area contributed by atoms with Crippen molar-refractivity contribution in [2.24, 2.45) is 0 Å². The second kappa shape index (κ2) is 4.51. The molecule has 0 aromatic rings. The van der Waals surface area contributed by atoms with Crippen molar-refractivity contribution in [2.45, 2.75) is 29.9 Å². The van der Waals surface area contributed by atoms with Crippen LogP contribution in [0, 0.1) is 0 Å². The number of hydrogen-bond acceptors (Lipinski definition) is 0. The van der Waals surface area contributed by atoms with E-state index in [0.29, 0.717) is 22.6 Å². The van der Waals surface area contributed by atoms with Crippen LogP contribution in [0.25, 0.3) is 0 Å². The zero-order valence-electron chi connectivity index (χ0n) is 7.74. The van der Waals surface area contributed by atoms with Crippen molar-refractivity contribution >= 4 is 22.6 Å². The highest BCUT2D eigenvalue weighted by Crippen LogP contribution is 2.57. The lowest BCUT2D eigenvalue weighted by Gasteiger charge is -2.36. The third kappa shape index (κ3) is 2.35. The molecule has 0 saturated heterocycles. The summed E-state index contributed by atoms with van der Waals surface area (Å²) in [5, 5.41) is 0. The molecule has 0 aliphatic rings. The Kier molecular flexibility index (Phi) is 4.50. The first kappa shape index (κ1) is 18.0. The molecule has 110 valence electrons. The predicted molar refractivity (Wildman–Crippen MR) is 44.7 cm³/mol. The van der Waals surface area contributed by atoms with E-state index in [2.05, 4.69) is 0 Å². The molecule has 0 aromatic carbocycles. The molecular formula is C6H2F11I. The summed E-state index contributed by atoms with van der Waals surface area (Å²) in [6, 6.07) is 0. The van der Waals surface area contributed by atoms with Crippen LogP contribution in [0.2, 0.25) is 0 Å². The minimum atomic E-state index is -7.29. The predicted octanol–water partition coefficient (Wildman–Crippen LogP) is 4.52. The lowest BCUT2D eigenvalue weighted by atomic mass is 9.99. The van der Waals surface area contributed by atoms with Gasteiger partial charge in [0, 0.05) is 0 Å². The third-order valence-electron chi connectivity index (χ3n) is 1.77. The van der Waals surface area contributed by atoms with Crippen LogP contribution >= 0.6 is 22.6 Å². The largest absolute Gasteiger partial charge is 0.460 e. The van der Waals surface area contributed by atoms with E-state index >= 15 is 0 Å². The number of hydrogen-bond donors (Lipinski definition) is 0. The molecule has 0 radical (unpaired) electrons. The Morgan fingerprint density at radius 1 is 0.556 bits per heavy atom. The topological polar surface area (TPSA) is 0 Å². The van der Waals surface area contributed by atoms with E-state index in [1.807, 2.05) is 0 Å². The molecule has 0 spiro atoms. The first-order valence-electron chi connectivity index (χ1n) is 3.70. The normalized spacial score (nSPS) is 16.0. The Labute approximate surface area is 106 Å². The fourth-order valence-electron chi connectivity index (χ4n) is 0.689. The molecule has 0 fully saturated rings. The summed E-state index contributed by atoms with van der Waals surface area (Å²) in [6.45, 7) is 0. The van der Waals surface area contributed by atoms with Crippen molar-refractivity contribution in [3.8, 4) is 0 Å². The molecule has 0 saturated carbocycles. The summed E-state index contributed by atoms with van der Waals surface area (Å²) >= 11 is 0.455. The van der Waals surface area contributed by atoms with Crippen LogP contribution in [0.3, 0.4) is 0 Å². The molecule has 12 heteroatoms. The van der Waals surface area contributed by atoms with Gasteiger partial charge in [0.1, 0.15) is 0 Å². The van der Waals surface area contributed by atoms with Crippen LogP contribution in [0.15, 0.2) is 0 Å². The molecule has 0 aliphatic heterocycles. The Hall–Kier alpha value is -0.0400. The summed E-state index contributed by atoms with van der Waals surface area (Å²) in [6.07, 6.45) is -7.10. The maximum absolute atomic E-state index is 12.5. The van der Waals surface area contributed by atoms with Gasteiger partial charge < -0.3 is 0 Å². The SMILES string of the molecule is FC(F)(F)C(F)(F)C(F)(F)C(F)(F)C(F)(F)CI. The molecule has 0 rings (SSSR count). The zero-order valence-corrected chi connectivity index (χ0v) is 9.90. The monoisotopic (exact) mass is 410 g/mol. The fraction of sp³-hybridized carbons (Fsp3) is 1.00. The smallest absolute Gasteiger partial charge is 0.199 e. The number of alkyl halides is 12. The van der Waals surface area contributed by atoms with E-state index < -0.39 is 34.3 Å². The third-order valence-corrected chi connectivity index (χ3v) is 2.73. The van der Waals surface area contributed by atoms with Gasteiger partial charge in [-0.3, -0.25) is 0 Å². The van der Waals surface area contributed by atoms with Crippen molar-refractivity contribution in [1.82, 2.24) is 0 Å². The maximum Gasteiger partial charge on any atom is 0.460 e. The van der Waals surface area contributed by atoms with Crippen molar-refractivity contribution in [2.75, 3.05) is 4.43 Å². The summed E-state index contributed by atoms with van der Waals surface area (Å²) < 4.78 is 132. The van der Waals surface area contributed by atoms with Gasteiger partial charge in [-0.05, 0) is 0 Å². The number of halogens is 12. The molecule has 0 heterocycles. The van der Waals surface area contributed by atoms with Gasteiger partial charge in [-0.25, -0.2) is 0 Å². The van der Waals surface area contributed by atoms with E-state index in [1.165, 1.54) is 0 Å². The highest BCUT2D eigenvalue weighted by atomic mass is 127. The van der Waals surface area contributed by atoms with Crippen molar-refractivity contribution in [3.63, 3.8) is 0 Å². The van der Waals surface area contributed by atoms with Gasteiger partial charge >= 0.3 is 29.9 Å². The first-order chi connectivity index (χ1) is 7.56. The van der Waals surface area contributed by atoms with Gasteiger partial charge in [0.25, 0.3) is 0 Å². The molecule has 0 atom stereocenters. The van der Waals surface area contributed by atoms with Crippen LogP contribution in [0.4, 0.5) is 48.3 Å². The minimum absolute atomic E-state index is 0.455.